The van der Waals surface area contributed by atoms with Gasteiger partial charge in [0.05, 0.1) is 39.5 Å². The van der Waals surface area contributed by atoms with Gasteiger partial charge < -0.3 is 64.2 Å². The summed E-state index contributed by atoms with van der Waals surface area (Å²) in [5, 5.41) is 72.7. The van der Waals surface area contributed by atoms with E-state index in [1.165, 1.54) is 20.3 Å². The maximum Gasteiger partial charge on any atom is 0.229 e. The van der Waals surface area contributed by atoms with Gasteiger partial charge in [-0.25, -0.2) is 0 Å². The number of Topliss-reactive ketones (excluding diaryl/α,β-unsaturated/α-hetero) is 1. The second kappa shape index (κ2) is 13.0. The molecular formula is C30H38O14. The quantitative estimate of drug-likeness (QED) is 0.203. The van der Waals surface area contributed by atoms with E-state index >= 15 is 0 Å². The maximum absolute atomic E-state index is 13.0. The molecule has 1 saturated heterocycles. The van der Waals surface area contributed by atoms with Crippen molar-refractivity contribution in [2.75, 3.05) is 20.8 Å². The van der Waals surface area contributed by atoms with Crippen LogP contribution in [0.2, 0.25) is 0 Å². The third kappa shape index (κ3) is 6.17. The Kier molecular flexibility index (Phi) is 9.53. The summed E-state index contributed by atoms with van der Waals surface area (Å²) in [6, 6.07) is 7.56. The number of carbonyl (C=O) groups excluding carboxylic acids is 1. The molecule has 0 amide bonds. The Labute approximate surface area is 252 Å². The average Bonchev–Trinajstić information content (AvgIpc) is 3.01. The second-order valence-corrected chi connectivity index (χ2v) is 11.4. The standard InChI is InChI=1S/C30H38O14/c1-12-6-21(25(34)27(36)24(12)33)41-11-22-26(35)28(37)29(38)30(44-22)42-14-8-15(31)23-16(32)10-18(43-20(23)9-14)13-4-5-17(39-2)19(7-13)40-3/h4-5,7-9,12,18,21-22,24-31,33-38H,6,10-11H2,1-3H3/t12?,18-,21?,22?,24?,25?,26?,27?,28?,29?,30?/m0/s1. The summed E-state index contributed by atoms with van der Waals surface area (Å²) in [6.07, 6.45) is -13.2. The van der Waals surface area contributed by atoms with E-state index < -0.39 is 67.0 Å². The second-order valence-electron chi connectivity index (χ2n) is 11.4. The lowest BCUT2D eigenvalue weighted by Gasteiger charge is -2.42. The van der Waals surface area contributed by atoms with Gasteiger partial charge in [-0.3, -0.25) is 4.79 Å². The first-order valence-electron chi connectivity index (χ1n) is 14.2. The Morgan fingerprint density at radius 2 is 1.57 bits per heavy atom. The summed E-state index contributed by atoms with van der Waals surface area (Å²) < 4.78 is 33.9. The average molecular weight is 623 g/mol. The molecule has 7 N–H and O–H groups in total. The predicted octanol–water partition coefficient (Wildman–Crippen LogP) is -0.190. The van der Waals surface area contributed by atoms with Crippen LogP contribution >= 0.6 is 0 Å². The van der Waals surface area contributed by atoms with E-state index in [0.29, 0.717) is 17.1 Å². The first-order chi connectivity index (χ1) is 20.9. The van der Waals surface area contributed by atoms with Gasteiger partial charge in [-0.1, -0.05) is 13.0 Å². The summed E-state index contributed by atoms with van der Waals surface area (Å²) in [7, 11) is 2.98. The van der Waals surface area contributed by atoms with Crippen LogP contribution in [-0.4, -0.2) is 117 Å². The maximum atomic E-state index is 13.0. The van der Waals surface area contributed by atoms with Crippen molar-refractivity contribution in [1.82, 2.24) is 0 Å². The Morgan fingerprint density at radius 3 is 2.27 bits per heavy atom. The normalized spacial score (nSPS) is 35.4. The minimum atomic E-state index is -1.72. The molecule has 0 spiro atoms. The lowest BCUT2D eigenvalue weighted by Crippen LogP contribution is -2.61. The van der Waals surface area contributed by atoms with Crippen molar-refractivity contribution in [1.29, 1.82) is 0 Å². The van der Waals surface area contributed by atoms with Gasteiger partial charge >= 0.3 is 0 Å². The number of carbonyl (C=O) groups is 1. The summed E-state index contributed by atoms with van der Waals surface area (Å²) in [6.45, 7) is 1.33. The van der Waals surface area contributed by atoms with E-state index in [4.69, 9.17) is 28.4 Å². The van der Waals surface area contributed by atoms with Gasteiger partial charge in [0.1, 0.15) is 65.5 Å². The van der Waals surface area contributed by atoms with Crippen LogP contribution < -0.4 is 18.9 Å². The third-order valence-electron chi connectivity index (χ3n) is 8.42. The molecule has 10 unspecified atom stereocenters. The first-order valence-corrected chi connectivity index (χ1v) is 14.2. The number of hydrogen-bond acceptors (Lipinski definition) is 14. The zero-order valence-corrected chi connectivity index (χ0v) is 24.3. The molecule has 0 bridgehead atoms. The highest BCUT2D eigenvalue weighted by Crippen LogP contribution is 2.43. The Bertz CT molecular complexity index is 1340. The molecule has 2 aromatic carbocycles. The van der Waals surface area contributed by atoms with Crippen molar-refractivity contribution in [2.24, 2.45) is 5.92 Å². The van der Waals surface area contributed by atoms with Gasteiger partial charge in [0, 0.05) is 12.1 Å². The first kappa shape index (κ1) is 32.2. The molecule has 1 saturated carbocycles. The number of phenols is 1. The molecular weight excluding hydrogens is 584 g/mol. The van der Waals surface area contributed by atoms with Crippen LogP contribution in [-0.2, 0) is 9.47 Å². The number of methoxy groups -OCH3 is 2. The number of aromatic hydroxyl groups is 1. The minimum Gasteiger partial charge on any atom is -0.507 e. The highest BCUT2D eigenvalue weighted by atomic mass is 16.7. The number of aliphatic hydroxyl groups is 6. The molecule has 2 aromatic rings. The van der Waals surface area contributed by atoms with Crippen LogP contribution in [0.3, 0.4) is 0 Å². The number of rotatable bonds is 8. The molecule has 14 heteroatoms. The number of ether oxygens (including phenoxy) is 6. The van der Waals surface area contributed by atoms with Crippen LogP contribution in [0, 0.1) is 5.92 Å². The molecule has 44 heavy (non-hydrogen) atoms. The van der Waals surface area contributed by atoms with Gasteiger partial charge in [0.25, 0.3) is 0 Å². The molecule has 1 aliphatic carbocycles. The lowest BCUT2D eigenvalue weighted by molar-refractivity contribution is -0.285. The van der Waals surface area contributed by atoms with Crippen LogP contribution in [0.5, 0.6) is 28.7 Å². The van der Waals surface area contributed by atoms with Crippen molar-refractivity contribution in [3.05, 3.63) is 41.5 Å². The van der Waals surface area contributed by atoms with Gasteiger partial charge in [-0.2, -0.15) is 0 Å². The smallest absolute Gasteiger partial charge is 0.229 e. The van der Waals surface area contributed by atoms with Gasteiger partial charge in [-0.05, 0) is 30.0 Å². The van der Waals surface area contributed by atoms with Crippen molar-refractivity contribution >= 4 is 5.78 Å². The molecule has 3 aliphatic rings. The van der Waals surface area contributed by atoms with Crippen molar-refractivity contribution < 1.29 is 69.0 Å². The van der Waals surface area contributed by atoms with E-state index in [1.807, 2.05) is 0 Å². The third-order valence-corrected chi connectivity index (χ3v) is 8.42. The number of phenolic OH excluding ortho intramolecular Hbond substituents is 1. The van der Waals surface area contributed by atoms with Crippen LogP contribution in [0.25, 0.3) is 0 Å². The fourth-order valence-electron chi connectivity index (χ4n) is 5.80. The molecule has 0 aromatic heterocycles. The molecule has 242 valence electrons. The minimum absolute atomic E-state index is 0.0166. The molecule has 0 radical (unpaired) electrons. The van der Waals surface area contributed by atoms with Crippen LogP contribution in [0.1, 0.15) is 41.8 Å². The Hall–Kier alpha value is -3.21. The molecule has 5 rings (SSSR count). The number of fused-ring (bicyclic) bond motifs is 1. The van der Waals surface area contributed by atoms with Gasteiger partial charge in [-0.15, -0.1) is 0 Å². The fourth-order valence-corrected chi connectivity index (χ4v) is 5.80. The molecule has 2 heterocycles. The van der Waals surface area contributed by atoms with E-state index in [2.05, 4.69) is 0 Å². The number of hydrogen-bond donors (Lipinski definition) is 7. The van der Waals surface area contributed by atoms with E-state index in [-0.39, 0.29) is 48.2 Å². The zero-order chi connectivity index (χ0) is 31.9. The van der Waals surface area contributed by atoms with E-state index in [0.717, 1.165) is 6.07 Å². The van der Waals surface area contributed by atoms with E-state index in [9.17, 15) is 40.5 Å². The molecule has 14 nitrogen and oxygen atoms in total. The number of aliphatic hydroxyl groups excluding tert-OH is 6. The van der Waals surface area contributed by atoms with Gasteiger partial charge in [0.15, 0.2) is 17.3 Å². The summed E-state index contributed by atoms with van der Waals surface area (Å²) in [5.74, 6) is -0.301. The number of benzene rings is 2. The number of ketones is 1. The lowest BCUT2D eigenvalue weighted by atomic mass is 9.82. The van der Waals surface area contributed by atoms with Crippen molar-refractivity contribution in [3.8, 4) is 28.7 Å². The summed E-state index contributed by atoms with van der Waals surface area (Å²) >= 11 is 0. The highest BCUT2D eigenvalue weighted by molar-refractivity contribution is 6.02. The molecule has 2 aliphatic heterocycles. The Balaban J connectivity index is 1.31. The topological polar surface area (TPSA) is 214 Å². The largest absolute Gasteiger partial charge is 0.507 e. The summed E-state index contributed by atoms with van der Waals surface area (Å²) in [5.41, 5.74) is 0.575. The van der Waals surface area contributed by atoms with Gasteiger partial charge in [0.2, 0.25) is 6.29 Å². The zero-order valence-electron chi connectivity index (χ0n) is 24.3. The van der Waals surface area contributed by atoms with Crippen LogP contribution in [0.15, 0.2) is 30.3 Å². The molecule has 2 fully saturated rings. The van der Waals surface area contributed by atoms with Crippen molar-refractivity contribution in [2.45, 2.75) is 81.0 Å². The predicted molar refractivity (Wildman–Crippen MR) is 149 cm³/mol. The SMILES string of the molecule is COc1ccc([C@@H]2CC(=O)c3c(O)cc(OC4OC(COC5CC(C)C(O)C(O)C5O)C(O)C(O)C4O)cc3O2)cc1OC. The van der Waals surface area contributed by atoms with Crippen LogP contribution in [0.4, 0.5) is 0 Å². The highest BCUT2D eigenvalue weighted by Gasteiger charge is 2.47. The fraction of sp³-hybridized carbons (Fsp3) is 0.567. The summed E-state index contributed by atoms with van der Waals surface area (Å²) in [4.78, 5) is 13.0. The van der Waals surface area contributed by atoms with E-state index in [1.54, 1.807) is 25.1 Å². The van der Waals surface area contributed by atoms with Crippen molar-refractivity contribution in [3.63, 3.8) is 0 Å². The molecule has 11 atom stereocenters. The Morgan fingerprint density at radius 1 is 0.864 bits per heavy atom. The monoisotopic (exact) mass is 622 g/mol.